The van der Waals surface area contributed by atoms with Crippen molar-refractivity contribution >= 4 is 39.0 Å². The van der Waals surface area contributed by atoms with Crippen molar-refractivity contribution in [2.24, 2.45) is 5.73 Å². The summed E-state index contributed by atoms with van der Waals surface area (Å²) in [6.07, 6.45) is 8.98. The van der Waals surface area contributed by atoms with Gasteiger partial charge in [-0.3, -0.25) is 0 Å². The van der Waals surface area contributed by atoms with Crippen LogP contribution in [0, 0.1) is 0 Å². The summed E-state index contributed by atoms with van der Waals surface area (Å²) in [4.78, 5) is 0. The third-order valence-electron chi connectivity index (χ3n) is 11.5. The first kappa shape index (κ1) is 30.7. The van der Waals surface area contributed by atoms with Crippen LogP contribution >= 0.6 is 0 Å². The smallest absolute Gasteiger partial charge is 0.00509 e. The van der Waals surface area contributed by atoms with Crippen LogP contribution in [-0.4, -0.2) is 6.04 Å². The van der Waals surface area contributed by atoms with E-state index in [2.05, 4.69) is 159 Å². The average Bonchev–Trinajstić information content (AvgIpc) is 3.54. The Hall–Kier alpha value is -6.12. The predicted molar refractivity (Wildman–Crippen MR) is 221 cm³/mol. The molecule has 1 heterocycles. The average molecular weight is 668 g/mol. The molecule has 52 heavy (non-hydrogen) atoms. The number of fused-ring (bicyclic) bond motifs is 5. The third kappa shape index (κ3) is 4.64. The van der Waals surface area contributed by atoms with E-state index >= 15 is 0 Å². The largest absolute Gasteiger partial charge is 0.673 e. The first-order valence-corrected chi connectivity index (χ1v) is 18.6. The molecule has 1 atom stereocenters. The van der Waals surface area contributed by atoms with Crippen molar-refractivity contribution in [2.45, 2.75) is 38.6 Å². The maximum atomic E-state index is 7.06. The van der Waals surface area contributed by atoms with Gasteiger partial charge in [0.25, 0.3) is 0 Å². The molecule has 0 bridgehead atoms. The Bertz CT molecular complexity index is 2680. The fraction of sp³-hybridized carbons (Fsp3) is 0.120. The zero-order valence-corrected chi connectivity index (χ0v) is 29.4. The molecule has 2 N–H and O–H groups in total. The van der Waals surface area contributed by atoms with Crippen LogP contribution in [0.2, 0.25) is 0 Å². The number of rotatable bonds is 4. The van der Waals surface area contributed by atoms with E-state index in [1.807, 2.05) is 0 Å². The Morgan fingerprint density at radius 3 is 1.85 bits per heavy atom. The second-order valence-corrected chi connectivity index (χ2v) is 14.3. The lowest BCUT2D eigenvalue weighted by atomic mass is 9.81. The standard InChI is InChI=1S/C50H39N2/c1-2-31-16-9-11-22-35(31)49(51)43-30-34-21-10-12-23-36(34)50(52-43)40-28-29-42-46-39(40)26-15-27-41(46)47-44(32-17-5-3-6-18-32)37-24-13-14-25-38(37)45(48(42)47)33-19-7-4-8-20-33/h2-9,11,13-20,22,24-30,43H,10,12,21,23,51H2,1H3/q-1/b31-2-,49-35-. The van der Waals surface area contributed by atoms with Gasteiger partial charge in [0, 0.05) is 5.70 Å². The van der Waals surface area contributed by atoms with E-state index in [0.717, 1.165) is 34.7 Å². The van der Waals surface area contributed by atoms with Crippen LogP contribution in [0.25, 0.3) is 88.8 Å². The van der Waals surface area contributed by atoms with Crippen molar-refractivity contribution in [1.29, 1.82) is 0 Å². The normalized spacial score (nSPS) is 17.1. The molecule has 1 saturated carbocycles. The van der Waals surface area contributed by atoms with Gasteiger partial charge in [0.05, 0.1) is 0 Å². The summed E-state index contributed by atoms with van der Waals surface area (Å²) in [7, 11) is 0. The van der Waals surface area contributed by atoms with Gasteiger partial charge in [-0.2, -0.15) is 0 Å². The highest BCUT2D eigenvalue weighted by Crippen LogP contribution is 2.58. The van der Waals surface area contributed by atoms with Crippen LogP contribution in [0.3, 0.4) is 0 Å². The van der Waals surface area contributed by atoms with Gasteiger partial charge in [-0.05, 0) is 115 Å². The lowest BCUT2D eigenvalue weighted by Gasteiger charge is -2.43. The summed E-state index contributed by atoms with van der Waals surface area (Å²) in [6, 6.07) is 50.7. The molecule has 3 aliphatic rings. The summed E-state index contributed by atoms with van der Waals surface area (Å²) >= 11 is 0. The fourth-order valence-corrected chi connectivity index (χ4v) is 9.21. The van der Waals surface area contributed by atoms with Crippen LogP contribution in [0.1, 0.15) is 38.2 Å². The SMILES string of the molecule is C/C=c1/cccc/c1=C(/N)C1C=C2CCCCC2=C(c2ccc3c4c(cccc24)-c2c-3c(-c3ccccc3)c3ccccc3c2-c2ccccc2)[N-]1. The number of allylic oxidation sites excluding steroid dienone is 2. The van der Waals surface area contributed by atoms with Gasteiger partial charge in [0.1, 0.15) is 0 Å². The molecule has 2 heteroatoms. The Morgan fingerprint density at radius 2 is 1.15 bits per heavy atom. The number of hydrogen-bond acceptors (Lipinski definition) is 1. The van der Waals surface area contributed by atoms with Gasteiger partial charge in [-0.15, -0.1) is 5.70 Å². The third-order valence-corrected chi connectivity index (χ3v) is 11.5. The number of benzene rings is 7. The Morgan fingerprint density at radius 1 is 0.577 bits per heavy atom. The zero-order valence-electron chi connectivity index (χ0n) is 29.4. The van der Waals surface area contributed by atoms with Crippen molar-refractivity contribution in [3.05, 3.63) is 178 Å². The van der Waals surface area contributed by atoms with E-state index in [-0.39, 0.29) is 6.04 Å². The van der Waals surface area contributed by atoms with Crippen LogP contribution < -0.4 is 16.2 Å². The van der Waals surface area contributed by atoms with Gasteiger partial charge in [-0.25, -0.2) is 0 Å². The molecule has 7 aromatic carbocycles. The maximum absolute atomic E-state index is 7.06. The van der Waals surface area contributed by atoms with Crippen LogP contribution in [0.5, 0.6) is 0 Å². The van der Waals surface area contributed by atoms with Crippen LogP contribution in [0.15, 0.2) is 157 Å². The second kappa shape index (κ2) is 12.3. The van der Waals surface area contributed by atoms with Crippen molar-refractivity contribution in [3.63, 3.8) is 0 Å². The van der Waals surface area contributed by atoms with E-state index in [1.165, 1.54) is 95.6 Å². The fourth-order valence-electron chi connectivity index (χ4n) is 9.21. The van der Waals surface area contributed by atoms with Crippen molar-refractivity contribution in [3.8, 4) is 44.5 Å². The van der Waals surface area contributed by atoms with Gasteiger partial charge in [0.15, 0.2) is 0 Å². The molecule has 7 aromatic rings. The van der Waals surface area contributed by atoms with Crippen LogP contribution in [0.4, 0.5) is 0 Å². The van der Waals surface area contributed by atoms with Crippen molar-refractivity contribution < 1.29 is 0 Å². The molecule has 1 fully saturated rings. The molecule has 2 nitrogen and oxygen atoms in total. The summed E-state index contributed by atoms with van der Waals surface area (Å²) in [6.45, 7) is 2.08. The van der Waals surface area contributed by atoms with Gasteiger partial charge < -0.3 is 11.1 Å². The molecule has 0 radical (unpaired) electrons. The lowest BCUT2D eigenvalue weighted by molar-refractivity contribution is 0.674. The van der Waals surface area contributed by atoms with Gasteiger partial charge in [0.2, 0.25) is 0 Å². The molecule has 0 amide bonds. The molecule has 0 aromatic heterocycles. The van der Waals surface area contributed by atoms with E-state index in [4.69, 9.17) is 11.1 Å². The Kier molecular flexibility index (Phi) is 7.25. The highest BCUT2D eigenvalue weighted by atomic mass is 15.0. The monoisotopic (exact) mass is 667 g/mol. The molecular weight excluding hydrogens is 629 g/mol. The molecule has 2 aliphatic carbocycles. The molecule has 1 unspecified atom stereocenters. The minimum atomic E-state index is -0.215. The second-order valence-electron chi connectivity index (χ2n) is 14.3. The summed E-state index contributed by atoms with van der Waals surface area (Å²) in [5.41, 5.74) is 23.3. The molecule has 1 aliphatic heterocycles. The summed E-state index contributed by atoms with van der Waals surface area (Å²) < 4.78 is 0. The first-order chi connectivity index (χ1) is 25.7. The predicted octanol–water partition coefficient (Wildman–Crippen LogP) is 11.5. The topological polar surface area (TPSA) is 40.1 Å². The van der Waals surface area contributed by atoms with E-state index < -0.39 is 0 Å². The summed E-state index contributed by atoms with van der Waals surface area (Å²) in [5, 5.41) is 12.9. The number of nitrogens with zero attached hydrogens (tertiary/aromatic N) is 1. The van der Waals surface area contributed by atoms with E-state index in [9.17, 15) is 0 Å². The molecule has 10 rings (SSSR count). The maximum Gasteiger partial charge on any atom is 0.00509 e. The van der Waals surface area contributed by atoms with Crippen molar-refractivity contribution in [2.75, 3.05) is 0 Å². The Balaban J connectivity index is 1.26. The zero-order chi connectivity index (χ0) is 34.8. The molecule has 0 spiro atoms. The van der Waals surface area contributed by atoms with Gasteiger partial charge in [-0.1, -0.05) is 169 Å². The first-order valence-electron chi connectivity index (χ1n) is 18.6. The van der Waals surface area contributed by atoms with Crippen LogP contribution in [-0.2, 0) is 0 Å². The number of hydrogen-bond donors (Lipinski definition) is 1. The van der Waals surface area contributed by atoms with E-state index in [0.29, 0.717) is 0 Å². The molecule has 0 saturated heterocycles. The minimum Gasteiger partial charge on any atom is -0.673 e. The number of nitrogens with two attached hydrogens (primary N) is 1. The molecular formula is C50H39N2-. The summed E-state index contributed by atoms with van der Waals surface area (Å²) in [5.74, 6) is 0. The van der Waals surface area contributed by atoms with Crippen molar-refractivity contribution in [1.82, 2.24) is 0 Å². The molecule has 250 valence electrons. The van der Waals surface area contributed by atoms with Gasteiger partial charge >= 0.3 is 0 Å². The Labute approximate surface area is 305 Å². The highest BCUT2D eigenvalue weighted by Gasteiger charge is 2.31. The lowest BCUT2D eigenvalue weighted by Crippen LogP contribution is -2.34. The highest BCUT2D eigenvalue weighted by molar-refractivity contribution is 6.28. The van der Waals surface area contributed by atoms with E-state index in [1.54, 1.807) is 0 Å². The quantitative estimate of drug-likeness (QED) is 0.199. The minimum absolute atomic E-state index is 0.215.